The van der Waals surface area contributed by atoms with Crippen molar-refractivity contribution in [3.63, 3.8) is 0 Å². The lowest BCUT2D eigenvalue weighted by Gasteiger charge is -2.40. The summed E-state index contributed by atoms with van der Waals surface area (Å²) in [5.74, 6) is -1.34. The molecule has 3 aromatic heterocycles. The van der Waals surface area contributed by atoms with Crippen molar-refractivity contribution in [2.24, 2.45) is 13.0 Å². The summed E-state index contributed by atoms with van der Waals surface area (Å²) in [4.78, 5) is 65.3. The second-order valence-corrected chi connectivity index (χ2v) is 22.2. The number of likely N-dealkylation sites (tertiary alicyclic amines) is 1. The molecule has 1 saturated carbocycles. The number of hydrogen-bond acceptors (Lipinski definition) is 10. The Morgan fingerprint density at radius 2 is 1.79 bits per heavy atom. The molecule has 0 bridgehead atoms. The fourth-order valence-electron chi connectivity index (χ4n) is 13.1. The lowest BCUT2D eigenvalue weighted by Crippen LogP contribution is -2.56. The number of hydrogen-bond donors (Lipinski definition) is 2. The van der Waals surface area contributed by atoms with Gasteiger partial charge >= 0.3 is 0 Å². The molecular weight excluding hydrogens is 957 g/mol. The van der Waals surface area contributed by atoms with Gasteiger partial charge < -0.3 is 29.5 Å². The molecule has 18 heteroatoms. The van der Waals surface area contributed by atoms with E-state index < -0.39 is 22.4 Å². The highest BCUT2D eigenvalue weighted by atomic mass is 19.1. The predicted octanol–water partition coefficient (Wildman–Crippen LogP) is 6.37. The van der Waals surface area contributed by atoms with Crippen molar-refractivity contribution in [1.82, 2.24) is 38.8 Å². The van der Waals surface area contributed by atoms with Crippen molar-refractivity contribution >= 4 is 57.6 Å². The molecule has 3 saturated heterocycles. The minimum atomic E-state index is -0.694. The van der Waals surface area contributed by atoms with Crippen LogP contribution in [0.3, 0.4) is 0 Å². The summed E-state index contributed by atoms with van der Waals surface area (Å²) in [6.45, 7) is 12.7. The molecule has 1 aliphatic carbocycles. The Bertz CT molecular complexity index is 3280. The molecule has 12 rings (SSSR count). The molecule has 75 heavy (non-hydrogen) atoms. The molecule has 9 heterocycles. The van der Waals surface area contributed by atoms with Gasteiger partial charge in [-0.2, -0.15) is 0 Å². The van der Waals surface area contributed by atoms with E-state index in [1.165, 1.54) is 12.1 Å². The molecule has 3 amide bonds. The zero-order chi connectivity index (χ0) is 52.0. The Balaban J connectivity index is 0.652. The third-order valence-electron chi connectivity index (χ3n) is 17.6. The number of rotatable bonds is 10. The number of aryl methyl sites for hydroxylation is 2. The van der Waals surface area contributed by atoms with E-state index in [0.29, 0.717) is 79.5 Å². The predicted molar refractivity (Wildman–Crippen MR) is 285 cm³/mol. The summed E-state index contributed by atoms with van der Waals surface area (Å²) in [6, 6.07) is 11.8. The Labute approximate surface area is 435 Å². The summed E-state index contributed by atoms with van der Waals surface area (Å²) in [5.41, 5.74) is 8.33. The van der Waals surface area contributed by atoms with Crippen LogP contribution in [0.15, 0.2) is 65.7 Å². The number of pyridine rings is 2. The zero-order valence-electron chi connectivity index (χ0n) is 43.3. The van der Waals surface area contributed by atoms with Crippen LogP contribution in [-0.4, -0.2) is 141 Å². The quantitative estimate of drug-likeness (QED) is 0.0699. The first-order valence-corrected chi connectivity index (χ1v) is 27.0. The van der Waals surface area contributed by atoms with Crippen molar-refractivity contribution in [3.05, 3.63) is 122 Å². The fourth-order valence-corrected chi connectivity index (χ4v) is 13.1. The van der Waals surface area contributed by atoms with Crippen LogP contribution in [0, 0.1) is 29.7 Å². The maximum absolute atomic E-state index is 16.2. The van der Waals surface area contributed by atoms with Crippen molar-refractivity contribution in [1.29, 1.82) is 0 Å². The molecule has 2 N–H and O–H groups in total. The molecule has 6 aliphatic heterocycles. The number of quaternary nitrogens is 1. The lowest BCUT2D eigenvalue weighted by molar-refractivity contribution is -0.542. The zero-order valence-corrected chi connectivity index (χ0v) is 43.3. The summed E-state index contributed by atoms with van der Waals surface area (Å²) in [6.07, 6.45) is 12.6. The van der Waals surface area contributed by atoms with E-state index in [0.717, 1.165) is 96.7 Å². The second-order valence-electron chi connectivity index (χ2n) is 22.2. The van der Waals surface area contributed by atoms with Crippen LogP contribution in [0.25, 0.3) is 22.3 Å². The van der Waals surface area contributed by atoms with E-state index in [2.05, 4.69) is 55.6 Å². The highest BCUT2D eigenvalue weighted by Crippen LogP contribution is 2.50. The van der Waals surface area contributed by atoms with Crippen molar-refractivity contribution in [2.45, 2.75) is 96.3 Å². The third-order valence-corrected chi connectivity index (χ3v) is 17.6. The minimum absolute atomic E-state index is 0.00946. The minimum Gasteiger partial charge on any atom is -0.626 e. The van der Waals surface area contributed by atoms with Crippen molar-refractivity contribution < 1.29 is 27.7 Å². The number of nitrogens with zero attached hydrogens (tertiary/aromatic N) is 9. The first-order valence-electron chi connectivity index (χ1n) is 27.0. The van der Waals surface area contributed by atoms with Gasteiger partial charge in [0.05, 0.1) is 29.9 Å². The molecule has 16 nitrogen and oxygen atoms in total. The number of amides is 3. The van der Waals surface area contributed by atoms with Gasteiger partial charge in [-0.1, -0.05) is 6.08 Å². The Morgan fingerprint density at radius 1 is 0.973 bits per heavy atom. The molecule has 5 aromatic rings. The third kappa shape index (κ3) is 8.86. The smallest absolute Gasteiger partial charge is 0.260 e. The average Bonchev–Trinajstić information content (AvgIpc) is 3.97. The van der Waals surface area contributed by atoms with Gasteiger partial charge in [-0.25, -0.2) is 18.3 Å². The number of anilines is 2. The van der Waals surface area contributed by atoms with Gasteiger partial charge in [-0.15, -0.1) is 0 Å². The van der Waals surface area contributed by atoms with Gasteiger partial charge in [0, 0.05) is 130 Å². The van der Waals surface area contributed by atoms with Gasteiger partial charge in [0.1, 0.15) is 29.0 Å². The summed E-state index contributed by atoms with van der Waals surface area (Å²) in [7, 11) is 2.01. The van der Waals surface area contributed by atoms with Crippen LogP contribution in [0.1, 0.15) is 103 Å². The van der Waals surface area contributed by atoms with Crippen molar-refractivity contribution in [2.75, 3.05) is 75.8 Å². The number of fused-ring (bicyclic) bond motifs is 3. The number of carbonyl (C=O) groups excluding carboxylic acids is 3. The van der Waals surface area contributed by atoms with E-state index in [4.69, 9.17) is 4.98 Å². The van der Waals surface area contributed by atoms with Crippen LogP contribution < -0.4 is 25.7 Å². The van der Waals surface area contributed by atoms with E-state index in [1.807, 2.05) is 49.5 Å². The number of piperazine rings is 1. The fraction of sp³-hybridized carbons (Fsp3) is 0.474. The maximum Gasteiger partial charge on any atom is 0.260 e. The number of hydroxylamine groups is 2. The molecule has 4 atom stereocenters. The summed E-state index contributed by atoms with van der Waals surface area (Å²) in [5, 5.41) is 21.0. The normalized spacial score (nSPS) is 24.6. The maximum atomic E-state index is 16.2. The molecule has 392 valence electrons. The number of nitrogens with one attached hydrogen (secondary N) is 2. The van der Waals surface area contributed by atoms with Crippen LogP contribution >= 0.6 is 0 Å². The lowest BCUT2D eigenvalue weighted by atomic mass is 9.92. The number of piperidine rings is 2. The monoisotopic (exact) mass is 1020 g/mol. The Morgan fingerprint density at radius 3 is 2.52 bits per heavy atom. The van der Waals surface area contributed by atoms with E-state index in [9.17, 15) is 24.4 Å². The molecule has 2 aromatic carbocycles. The van der Waals surface area contributed by atoms with Crippen LogP contribution in [0.4, 0.5) is 25.8 Å². The Kier molecular flexibility index (Phi) is 12.6. The number of aromatic nitrogens is 3. The first kappa shape index (κ1) is 49.3. The molecule has 1 unspecified atom stereocenters. The van der Waals surface area contributed by atoms with Gasteiger partial charge in [-0.05, 0) is 100 Å². The summed E-state index contributed by atoms with van der Waals surface area (Å²) < 4.78 is 37.5. The van der Waals surface area contributed by atoms with Gasteiger partial charge in [0.25, 0.3) is 11.5 Å². The van der Waals surface area contributed by atoms with Crippen molar-refractivity contribution in [3.8, 4) is 5.69 Å². The number of carbonyl (C=O) groups is 3. The Hall–Kier alpha value is -6.60. The van der Waals surface area contributed by atoms with Gasteiger partial charge in [0.15, 0.2) is 31.7 Å². The molecule has 7 aliphatic rings. The van der Waals surface area contributed by atoms with Crippen LogP contribution in [0.5, 0.6) is 0 Å². The van der Waals surface area contributed by atoms with E-state index >= 15 is 8.78 Å². The summed E-state index contributed by atoms with van der Waals surface area (Å²) >= 11 is 0. The molecule has 0 radical (unpaired) electrons. The van der Waals surface area contributed by atoms with Crippen LogP contribution in [0.2, 0.25) is 0 Å². The van der Waals surface area contributed by atoms with E-state index in [-0.39, 0.29) is 60.8 Å². The highest BCUT2D eigenvalue weighted by molar-refractivity contribution is 6.02. The standard InChI is InChI=1S/C57H65F2N11O5/c1-34-25-39(26-45(59)53(34)38-13-20-65(21-14-38)36(3)49-28-43-47(10-17-61-54(43)63(49)4)68-22-15-46-42(57(68)74)9-16-60-46)56(73)66-18-11-37(12-19-66)31-67-24-23-64(30-35(67)2)32-40-27-51-50(29-44(40)58)69(33-70(51,75)41-5-6-41)48-7-8-52(71)62-55(48)72/h10,13,15,17,22,25-29,32,35-37,41,48H,5-9,11-12,14,16,18-21,23-24,30-31,33H2,1-4H3,(H-,60,62,71,72,74)/p+1/t35-,36-,48+,70?/m0/s1. The highest BCUT2D eigenvalue weighted by Gasteiger charge is 2.51. The van der Waals surface area contributed by atoms with Gasteiger partial charge in [-0.3, -0.25) is 38.9 Å². The van der Waals surface area contributed by atoms with Gasteiger partial charge in [0.2, 0.25) is 11.8 Å². The SMILES string of the molecule is Cc1cc(C(=O)N2CCC(CN3CC[N+](=Cc4cc5c(cc4F)N([C@@H]4CCC(=O)NC4=O)C[N+]5([O-])C4CC4)C[C@@H]3C)CC2)cc(F)c1C1=CCN([C@@H](C)c2cc3c(-n4ccc5c(c4=O)CCN5)ccnc3n2C)CC1. The molecule has 0 spiro atoms. The number of imide groups is 1. The largest absolute Gasteiger partial charge is 0.626 e. The molecular formula is C57H66F2N11O5+. The topological polar surface area (TPSA) is 154 Å². The number of benzene rings is 2. The van der Waals surface area contributed by atoms with E-state index in [1.54, 1.807) is 21.7 Å². The number of halogens is 2. The second kappa shape index (κ2) is 19.2. The average molecular weight is 1020 g/mol. The molecule has 4 fully saturated rings. The first-order chi connectivity index (χ1) is 36.1. The van der Waals surface area contributed by atoms with Crippen LogP contribution in [-0.2, 0) is 23.1 Å².